The molecule has 0 spiro atoms. The SMILES string of the molecule is CC(=O)N1CCC(C(=O)NCCn2cnc3cc(C(=O)N4CC5(C)CC4CC(C)(C)C5)ccc32)CC1. The highest BCUT2D eigenvalue weighted by Gasteiger charge is 2.51. The highest BCUT2D eigenvalue weighted by Crippen LogP contribution is 2.52. The average molecular weight is 494 g/mol. The van der Waals surface area contributed by atoms with E-state index >= 15 is 0 Å². The minimum Gasteiger partial charge on any atom is -0.354 e. The molecule has 3 fully saturated rings. The Balaban J connectivity index is 1.18. The molecule has 36 heavy (non-hydrogen) atoms. The monoisotopic (exact) mass is 493 g/mol. The van der Waals surface area contributed by atoms with Crippen molar-refractivity contribution in [3.05, 3.63) is 30.1 Å². The fraction of sp³-hybridized carbons (Fsp3) is 0.643. The number of imidazole rings is 1. The zero-order valence-corrected chi connectivity index (χ0v) is 22.0. The van der Waals surface area contributed by atoms with Crippen molar-refractivity contribution in [2.45, 2.75) is 72.4 Å². The summed E-state index contributed by atoms with van der Waals surface area (Å²) in [7, 11) is 0. The molecule has 0 radical (unpaired) electrons. The predicted molar refractivity (Wildman–Crippen MR) is 138 cm³/mol. The third-order valence-corrected chi connectivity index (χ3v) is 8.51. The number of likely N-dealkylation sites (tertiary alicyclic amines) is 2. The molecule has 3 aliphatic rings. The molecule has 194 valence electrons. The van der Waals surface area contributed by atoms with E-state index in [9.17, 15) is 14.4 Å². The van der Waals surface area contributed by atoms with E-state index < -0.39 is 0 Å². The van der Waals surface area contributed by atoms with Gasteiger partial charge in [0.2, 0.25) is 11.8 Å². The number of benzene rings is 1. The number of hydrogen-bond donors (Lipinski definition) is 1. The minimum absolute atomic E-state index is 0.0356. The topological polar surface area (TPSA) is 87.5 Å². The number of carbonyl (C=O) groups is 3. The van der Waals surface area contributed by atoms with Crippen molar-refractivity contribution in [1.82, 2.24) is 24.7 Å². The summed E-state index contributed by atoms with van der Waals surface area (Å²) in [5.41, 5.74) is 2.95. The zero-order valence-electron chi connectivity index (χ0n) is 22.0. The molecule has 8 nitrogen and oxygen atoms in total. The normalized spacial score (nSPS) is 25.8. The molecule has 1 saturated carbocycles. The Kier molecular flexibility index (Phi) is 6.33. The maximum absolute atomic E-state index is 13.5. The summed E-state index contributed by atoms with van der Waals surface area (Å²) in [6.45, 7) is 11.8. The third-order valence-electron chi connectivity index (χ3n) is 8.51. The molecule has 2 aromatic rings. The first-order chi connectivity index (χ1) is 17.0. The van der Waals surface area contributed by atoms with Gasteiger partial charge in [0.1, 0.15) is 0 Å². The Bertz CT molecular complexity index is 1180. The first-order valence-electron chi connectivity index (χ1n) is 13.3. The lowest BCUT2D eigenvalue weighted by Crippen LogP contribution is -2.42. The number of aromatic nitrogens is 2. The summed E-state index contributed by atoms with van der Waals surface area (Å²) in [4.78, 5) is 46.0. The Morgan fingerprint density at radius 2 is 1.86 bits per heavy atom. The second-order valence-corrected chi connectivity index (χ2v) is 12.4. The van der Waals surface area contributed by atoms with Crippen molar-refractivity contribution in [2.75, 3.05) is 26.2 Å². The van der Waals surface area contributed by atoms with Gasteiger partial charge in [-0.05, 0) is 61.1 Å². The number of hydrogen-bond acceptors (Lipinski definition) is 4. The van der Waals surface area contributed by atoms with Crippen LogP contribution in [0.1, 0.15) is 70.2 Å². The van der Waals surface area contributed by atoms with E-state index in [0.717, 1.165) is 36.8 Å². The second-order valence-electron chi connectivity index (χ2n) is 12.4. The Hall–Kier alpha value is -2.90. The maximum atomic E-state index is 13.5. The molecule has 3 amide bonds. The molecule has 3 heterocycles. The molecular weight excluding hydrogens is 454 g/mol. The van der Waals surface area contributed by atoms with Gasteiger partial charge in [0, 0.05) is 57.2 Å². The third kappa shape index (κ3) is 4.87. The highest BCUT2D eigenvalue weighted by molar-refractivity contribution is 5.97. The van der Waals surface area contributed by atoms with Gasteiger partial charge >= 0.3 is 0 Å². The van der Waals surface area contributed by atoms with Crippen LogP contribution in [0, 0.1) is 16.7 Å². The van der Waals surface area contributed by atoms with Crippen LogP contribution < -0.4 is 5.32 Å². The van der Waals surface area contributed by atoms with Gasteiger partial charge in [-0.3, -0.25) is 14.4 Å². The van der Waals surface area contributed by atoms with Crippen molar-refractivity contribution < 1.29 is 14.4 Å². The molecule has 1 aromatic carbocycles. The largest absolute Gasteiger partial charge is 0.354 e. The lowest BCUT2D eigenvalue weighted by Gasteiger charge is -2.39. The van der Waals surface area contributed by atoms with E-state index in [1.165, 1.54) is 0 Å². The Morgan fingerprint density at radius 1 is 1.11 bits per heavy atom. The lowest BCUT2D eigenvalue weighted by atomic mass is 9.65. The predicted octanol–water partition coefficient (Wildman–Crippen LogP) is 3.45. The van der Waals surface area contributed by atoms with Gasteiger partial charge in [-0.25, -0.2) is 4.98 Å². The van der Waals surface area contributed by atoms with Gasteiger partial charge in [0.05, 0.1) is 17.4 Å². The van der Waals surface area contributed by atoms with E-state index in [1.807, 2.05) is 22.8 Å². The summed E-state index contributed by atoms with van der Waals surface area (Å²) < 4.78 is 2.02. The molecule has 5 rings (SSSR count). The molecule has 2 atom stereocenters. The highest BCUT2D eigenvalue weighted by atomic mass is 16.2. The van der Waals surface area contributed by atoms with E-state index in [0.29, 0.717) is 50.6 Å². The van der Waals surface area contributed by atoms with Gasteiger partial charge in [0.25, 0.3) is 5.91 Å². The number of nitrogens with one attached hydrogen (secondary N) is 1. The van der Waals surface area contributed by atoms with Gasteiger partial charge < -0.3 is 19.7 Å². The summed E-state index contributed by atoms with van der Waals surface area (Å²) in [6, 6.07) is 6.12. The summed E-state index contributed by atoms with van der Waals surface area (Å²) in [5, 5.41) is 3.05. The molecule has 2 aliphatic heterocycles. The van der Waals surface area contributed by atoms with Crippen molar-refractivity contribution in [3.63, 3.8) is 0 Å². The van der Waals surface area contributed by atoms with E-state index in [2.05, 4.69) is 36.0 Å². The number of amides is 3. The molecular formula is C28H39N5O3. The van der Waals surface area contributed by atoms with E-state index in [4.69, 9.17) is 0 Å². The Morgan fingerprint density at radius 3 is 2.58 bits per heavy atom. The van der Waals surface area contributed by atoms with Crippen molar-refractivity contribution in [1.29, 1.82) is 0 Å². The van der Waals surface area contributed by atoms with Crippen LogP contribution in [-0.2, 0) is 16.1 Å². The Labute approximate surface area is 213 Å². The summed E-state index contributed by atoms with van der Waals surface area (Å²) >= 11 is 0. The molecule has 2 unspecified atom stereocenters. The smallest absolute Gasteiger partial charge is 0.254 e. The van der Waals surface area contributed by atoms with Crippen molar-refractivity contribution >= 4 is 28.8 Å². The quantitative estimate of drug-likeness (QED) is 0.691. The van der Waals surface area contributed by atoms with Gasteiger partial charge in [-0.1, -0.05) is 20.8 Å². The van der Waals surface area contributed by atoms with Crippen molar-refractivity contribution in [2.24, 2.45) is 16.7 Å². The number of piperidine rings is 1. The van der Waals surface area contributed by atoms with Crippen LogP contribution in [0.15, 0.2) is 24.5 Å². The van der Waals surface area contributed by atoms with E-state index in [1.54, 1.807) is 18.2 Å². The number of nitrogens with zero attached hydrogens (tertiary/aromatic N) is 4. The van der Waals surface area contributed by atoms with Crippen LogP contribution in [0.4, 0.5) is 0 Å². The minimum atomic E-state index is -0.0356. The summed E-state index contributed by atoms with van der Waals surface area (Å²) in [5.74, 6) is 0.211. The lowest BCUT2D eigenvalue weighted by molar-refractivity contribution is -0.133. The molecule has 2 saturated heterocycles. The van der Waals surface area contributed by atoms with Gasteiger partial charge in [-0.2, -0.15) is 0 Å². The van der Waals surface area contributed by atoms with Crippen LogP contribution in [-0.4, -0.2) is 69.3 Å². The van der Waals surface area contributed by atoms with Crippen LogP contribution in [0.5, 0.6) is 0 Å². The molecule has 1 aliphatic carbocycles. The van der Waals surface area contributed by atoms with Crippen molar-refractivity contribution in [3.8, 4) is 0 Å². The van der Waals surface area contributed by atoms with Crippen LogP contribution in [0.2, 0.25) is 0 Å². The standard InChI is InChI=1S/C28H39N5O3/c1-19(34)31-10-7-20(8-11-31)25(35)29-9-12-32-18-30-23-13-21(5-6-24(23)32)26(36)33-17-28(4)15-22(33)14-27(2,3)16-28/h5-6,13,18,20,22H,7-12,14-17H2,1-4H3,(H,29,35). The number of carbonyl (C=O) groups excluding carboxylic acids is 3. The van der Waals surface area contributed by atoms with Crippen LogP contribution in [0.25, 0.3) is 11.0 Å². The first kappa shape index (κ1) is 24.8. The van der Waals surface area contributed by atoms with Gasteiger partial charge in [0.15, 0.2) is 0 Å². The molecule has 1 aromatic heterocycles. The zero-order chi connectivity index (χ0) is 25.7. The van der Waals surface area contributed by atoms with Crippen LogP contribution in [0.3, 0.4) is 0 Å². The second kappa shape index (κ2) is 9.20. The molecule has 1 N–H and O–H groups in total. The van der Waals surface area contributed by atoms with E-state index in [-0.39, 0.29) is 34.5 Å². The first-order valence-corrected chi connectivity index (χ1v) is 13.3. The maximum Gasteiger partial charge on any atom is 0.254 e. The number of fused-ring (bicyclic) bond motifs is 3. The summed E-state index contributed by atoms with van der Waals surface area (Å²) in [6.07, 6.45) is 6.53. The fourth-order valence-corrected chi connectivity index (χ4v) is 7.14. The van der Waals surface area contributed by atoms with Gasteiger partial charge in [-0.15, -0.1) is 0 Å². The van der Waals surface area contributed by atoms with Crippen LogP contribution >= 0.6 is 0 Å². The fourth-order valence-electron chi connectivity index (χ4n) is 7.14. The number of rotatable bonds is 5. The average Bonchev–Trinajstić information content (AvgIpc) is 3.34. The molecule has 8 heteroatoms. The molecule has 2 bridgehead atoms.